The van der Waals surface area contributed by atoms with Gasteiger partial charge in [0.15, 0.2) is 18.1 Å². The van der Waals surface area contributed by atoms with E-state index in [1.54, 1.807) is 19.1 Å². The number of halogens is 1. The molecule has 0 unspecified atom stereocenters. The van der Waals surface area contributed by atoms with Gasteiger partial charge in [-0.25, -0.2) is 9.59 Å². The minimum Gasteiger partial charge on any atom is -0.493 e. The van der Waals surface area contributed by atoms with Gasteiger partial charge in [-0.05, 0) is 53.3 Å². The molecule has 0 saturated carbocycles. The number of benzene rings is 1. The second-order valence-corrected chi connectivity index (χ2v) is 6.86. The van der Waals surface area contributed by atoms with Crippen LogP contribution in [0.2, 0.25) is 0 Å². The molecule has 2 rings (SSSR count). The average Bonchev–Trinajstić information content (AvgIpc) is 2.67. The smallest absolute Gasteiger partial charge is 0.344 e. The molecule has 0 N–H and O–H groups in total. The van der Waals surface area contributed by atoms with Gasteiger partial charge >= 0.3 is 12.0 Å². The lowest BCUT2D eigenvalue weighted by Gasteiger charge is -2.28. The van der Waals surface area contributed by atoms with Crippen LogP contribution in [0.25, 0.3) is 6.08 Å². The van der Waals surface area contributed by atoms with Crippen LogP contribution in [0, 0.1) is 3.57 Å². The number of amides is 4. The Hall–Kier alpha value is -2.63. The van der Waals surface area contributed by atoms with Crippen LogP contribution in [0.1, 0.15) is 12.5 Å². The number of barbiturate groups is 1. The highest BCUT2D eigenvalue weighted by Crippen LogP contribution is 2.35. The topological polar surface area (TPSA) is 102 Å². The van der Waals surface area contributed by atoms with Gasteiger partial charge in [0.25, 0.3) is 11.8 Å². The first-order chi connectivity index (χ1) is 13.2. The van der Waals surface area contributed by atoms with Crippen LogP contribution in [0.5, 0.6) is 11.5 Å². The van der Waals surface area contributed by atoms with E-state index in [0.717, 1.165) is 9.80 Å². The zero-order chi connectivity index (χ0) is 21.0. The first-order valence-corrected chi connectivity index (χ1v) is 9.26. The van der Waals surface area contributed by atoms with Crippen molar-refractivity contribution in [3.05, 3.63) is 26.8 Å². The predicted molar refractivity (Wildman–Crippen MR) is 107 cm³/mol. The third-order valence-corrected chi connectivity index (χ3v) is 4.65. The van der Waals surface area contributed by atoms with Gasteiger partial charge in [-0.1, -0.05) is 0 Å². The first kappa shape index (κ1) is 21.7. The number of likely N-dealkylation sites (N-methyl/N-ethyl adjacent to an activating group) is 2. The minimum atomic E-state index is -0.693. The summed E-state index contributed by atoms with van der Waals surface area (Å²) in [4.78, 5) is 49.7. The highest BCUT2D eigenvalue weighted by molar-refractivity contribution is 14.1. The van der Waals surface area contributed by atoms with Crippen molar-refractivity contribution in [3.63, 3.8) is 0 Å². The highest BCUT2D eigenvalue weighted by Gasteiger charge is 2.37. The standard InChI is InChI=1S/C18H19IN2O7/c1-5-27-14(22)9-28-15-12(19)7-10(8-13(15)26-4)6-11-16(23)20(2)18(25)21(3)17(11)24/h6-8H,5,9H2,1-4H3. The van der Waals surface area contributed by atoms with Crippen molar-refractivity contribution in [1.82, 2.24) is 9.80 Å². The maximum atomic E-state index is 12.3. The monoisotopic (exact) mass is 502 g/mol. The molecule has 9 nitrogen and oxygen atoms in total. The fourth-order valence-corrected chi connectivity index (χ4v) is 3.22. The van der Waals surface area contributed by atoms with Gasteiger partial charge in [0.1, 0.15) is 5.57 Å². The summed E-state index contributed by atoms with van der Waals surface area (Å²) < 4.78 is 16.2. The molecular formula is C18H19IN2O7. The Morgan fingerprint density at radius 1 is 1.14 bits per heavy atom. The molecular weight excluding hydrogens is 483 g/mol. The third-order valence-electron chi connectivity index (χ3n) is 3.85. The number of imide groups is 2. The number of carbonyl (C=O) groups is 4. The van der Waals surface area contributed by atoms with Gasteiger partial charge < -0.3 is 14.2 Å². The van der Waals surface area contributed by atoms with E-state index < -0.39 is 23.8 Å². The number of methoxy groups -OCH3 is 1. The molecule has 0 aromatic heterocycles. The van der Waals surface area contributed by atoms with Crippen LogP contribution in [-0.4, -0.2) is 68.0 Å². The molecule has 1 aliphatic rings. The van der Waals surface area contributed by atoms with Gasteiger partial charge in [-0.2, -0.15) is 0 Å². The van der Waals surface area contributed by atoms with E-state index in [1.165, 1.54) is 27.3 Å². The van der Waals surface area contributed by atoms with Crippen LogP contribution in [-0.2, 0) is 19.1 Å². The molecule has 4 amide bonds. The normalized spacial score (nSPS) is 14.3. The Labute approximate surface area is 175 Å². The SMILES string of the molecule is CCOC(=O)COc1c(I)cc(C=C2C(=O)N(C)C(=O)N(C)C2=O)cc1OC. The van der Waals surface area contributed by atoms with Crippen LogP contribution >= 0.6 is 22.6 Å². The summed E-state index contributed by atoms with van der Waals surface area (Å²) in [5, 5.41) is 0. The fourth-order valence-electron chi connectivity index (χ4n) is 2.44. The summed E-state index contributed by atoms with van der Waals surface area (Å²) in [5.41, 5.74) is 0.347. The molecule has 0 aliphatic carbocycles. The lowest BCUT2D eigenvalue weighted by atomic mass is 10.1. The summed E-state index contributed by atoms with van der Waals surface area (Å²) in [7, 11) is 4.03. The number of rotatable bonds is 6. The summed E-state index contributed by atoms with van der Waals surface area (Å²) in [6.45, 7) is 1.66. The third kappa shape index (κ3) is 4.43. The van der Waals surface area contributed by atoms with Crippen LogP contribution in [0.3, 0.4) is 0 Å². The van der Waals surface area contributed by atoms with Gasteiger partial charge in [0.2, 0.25) is 0 Å². The molecule has 1 fully saturated rings. The van der Waals surface area contributed by atoms with Crippen molar-refractivity contribution in [3.8, 4) is 11.5 Å². The molecule has 0 radical (unpaired) electrons. The van der Waals surface area contributed by atoms with Crippen molar-refractivity contribution in [2.45, 2.75) is 6.92 Å². The minimum absolute atomic E-state index is 0.150. The first-order valence-electron chi connectivity index (χ1n) is 8.19. The molecule has 28 heavy (non-hydrogen) atoms. The molecule has 1 aliphatic heterocycles. The van der Waals surface area contributed by atoms with E-state index in [4.69, 9.17) is 14.2 Å². The number of hydrogen-bond acceptors (Lipinski definition) is 7. The van der Waals surface area contributed by atoms with Crippen LogP contribution in [0.4, 0.5) is 4.79 Å². The number of ether oxygens (including phenoxy) is 3. The molecule has 150 valence electrons. The van der Waals surface area contributed by atoms with E-state index in [-0.39, 0.29) is 18.8 Å². The van der Waals surface area contributed by atoms with Crippen molar-refractivity contribution in [2.24, 2.45) is 0 Å². The Bertz CT molecular complexity index is 840. The number of hydrogen-bond donors (Lipinski definition) is 0. The van der Waals surface area contributed by atoms with Crippen molar-refractivity contribution in [2.75, 3.05) is 34.4 Å². The summed E-state index contributed by atoms with van der Waals surface area (Å²) >= 11 is 1.99. The molecule has 0 spiro atoms. The Morgan fingerprint density at radius 3 is 2.29 bits per heavy atom. The van der Waals surface area contributed by atoms with E-state index in [9.17, 15) is 19.2 Å². The van der Waals surface area contributed by atoms with Gasteiger partial charge in [0, 0.05) is 14.1 Å². The fraction of sp³-hybridized carbons (Fsp3) is 0.333. The Balaban J connectivity index is 2.37. The molecule has 1 heterocycles. The van der Waals surface area contributed by atoms with Crippen LogP contribution < -0.4 is 9.47 Å². The maximum Gasteiger partial charge on any atom is 0.344 e. The second kappa shape index (κ2) is 9.04. The highest BCUT2D eigenvalue weighted by atomic mass is 127. The Morgan fingerprint density at radius 2 is 1.75 bits per heavy atom. The molecule has 1 aromatic rings. The second-order valence-electron chi connectivity index (χ2n) is 5.70. The number of carbonyl (C=O) groups excluding carboxylic acids is 4. The zero-order valence-electron chi connectivity index (χ0n) is 15.8. The van der Waals surface area contributed by atoms with E-state index in [2.05, 4.69) is 0 Å². The Kier molecular flexibility index (Phi) is 7.00. The molecule has 0 atom stereocenters. The lowest BCUT2D eigenvalue weighted by Crippen LogP contribution is -2.52. The molecule has 10 heteroatoms. The average molecular weight is 502 g/mol. The van der Waals surface area contributed by atoms with Gasteiger partial charge in [-0.15, -0.1) is 0 Å². The summed E-state index contributed by atoms with van der Waals surface area (Å²) in [6, 6.07) is 2.53. The van der Waals surface area contributed by atoms with E-state index >= 15 is 0 Å². The van der Waals surface area contributed by atoms with Gasteiger partial charge in [-0.3, -0.25) is 19.4 Å². The lowest BCUT2D eigenvalue weighted by molar-refractivity contribution is -0.145. The number of esters is 1. The number of nitrogens with zero attached hydrogens (tertiary/aromatic N) is 2. The van der Waals surface area contributed by atoms with Crippen molar-refractivity contribution >= 4 is 52.5 Å². The number of urea groups is 1. The van der Waals surface area contributed by atoms with Crippen molar-refractivity contribution in [1.29, 1.82) is 0 Å². The maximum absolute atomic E-state index is 12.3. The summed E-state index contributed by atoms with van der Waals surface area (Å²) in [5.74, 6) is -1.24. The largest absolute Gasteiger partial charge is 0.493 e. The predicted octanol–water partition coefficient (Wildman–Crippen LogP) is 1.68. The van der Waals surface area contributed by atoms with Crippen LogP contribution in [0.15, 0.2) is 17.7 Å². The van der Waals surface area contributed by atoms with Gasteiger partial charge in [0.05, 0.1) is 17.3 Å². The molecule has 0 bridgehead atoms. The zero-order valence-corrected chi connectivity index (χ0v) is 17.9. The van der Waals surface area contributed by atoms with E-state index in [0.29, 0.717) is 20.6 Å². The summed E-state index contributed by atoms with van der Waals surface area (Å²) in [6.07, 6.45) is 1.38. The molecule has 1 aromatic carbocycles. The van der Waals surface area contributed by atoms with E-state index in [1.807, 2.05) is 22.6 Å². The van der Waals surface area contributed by atoms with Crippen molar-refractivity contribution < 1.29 is 33.4 Å². The molecule has 1 saturated heterocycles. The quantitative estimate of drug-likeness (QED) is 0.253.